The van der Waals surface area contributed by atoms with Crippen molar-refractivity contribution in [3.63, 3.8) is 0 Å². The molecule has 5 nitrogen and oxygen atoms in total. The lowest BCUT2D eigenvalue weighted by Crippen LogP contribution is -2.35. The molecule has 0 spiro atoms. The van der Waals surface area contributed by atoms with Crippen LogP contribution in [0, 0.1) is 0 Å². The number of amides is 1. The number of thioether (sulfide) groups is 1. The first-order chi connectivity index (χ1) is 12.4. The zero-order chi connectivity index (χ0) is 18.3. The van der Waals surface area contributed by atoms with Crippen LogP contribution in [-0.2, 0) is 21.2 Å². The minimum absolute atomic E-state index is 0.0818. The molecule has 0 bridgehead atoms. The molecule has 0 unspecified atom stereocenters. The number of para-hydroxylation sites is 1. The van der Waals surface area contributed by atoms with E-state index in [0.29, 0.717) is 18.7 Å². The molecule has 1 N–H and O–H groups in total. The van der Waals surface area contributed by atoms with Gasteiger partial charge in [0.25, 0.3) is 10.0 Å². The van der Waals surface area contributed by atoms with Crippen molar-refractivity contribution in [2.75, 3.05) is 16.2 Å². The maximum atomic E-state index is 13.3. The molecule has 0 aromatic heterocycles. The van der Waals surface area contributed by atoms with E-state index in [1.165, 1.54) is 4.31 Å². The number of rotatable bonds is 2. The van der Waals surface area contributed by atoms with Crippen LogP contribution in [0.4, 0.5) is 11.4 Å². The van der Waals surface area contributed by atoms with Crippen molar-refractivity contribution in [2.45, 2.75) is 41.2 Å². The second kappa shape index (κ2) is 6.63. The van der Waals surface area contributed by atoms with Crippen LogP contribution in [0.15, 0.2) is 52.3 Å². The van der Waals surface area contributed by atoms with E-state index in [-0.39, 0.29) is 16.1 Å². The van der Waals surface area contributed by atoms with Gasteiger partial charge in [0.05, 0.1) is 16.3 Å². The third-order valence-corrected chi connectivity index (χ3v) is 7.67. The van der Waals surface area contributed by atoms with Crippen LogP contribution in [-0.4, -0.2) is 26.1 Å². The fourth-order valence-electron chi connectivity index (χ4n) is 3.47. The minimum atomic E-state index is -3.68. The van der Waals surface area contributed by atoms with Crippen molar-refractivity contribution < 1.29 is 13.2 Å². The van der Waals surface area contributed by atoms with Crippen LogP contribution < -0.4 is 9.62 Å². The first-order valence-corrected chi connectivity index (χ1v) is 11.0. The molecule has 136 valence electrons. The number of benzene rings is 2. The largest absolute Gasteiger partial charge is 0.325 e. The fourth-order valence-corrected chi connectivity index (χ4v) is 6.09. The van der Waals surface area contributed by atoms with Gasteiger partial charge in [0.2, 0.25) is 5.91 Å². The van der Waals surface area contributed by atoms with Gasteiger partial charge in [0, 0.05) is 23.1 Å². The third kappa shape index (κ3) is 3.10. The number of aryl methyl sites for hydroxylation is 1. The smallest absolute Gasteiger partial charge is 0.264 e. The van der Waals surface area contributed by atoms with Crippen LogP contribution in [0.2, 0.25) is 0 Å². The minimum Gasteiger partial charge on any atom is -0.325 e. The lowest BCUT2D eigenvalue weighted by molar-refractivity contribution is -0.116. The fraction of sp³-hybridized carbons (Fsp3) is 0.316. The Labute approximate surface area is 157 Å². The first kappa shape index (κ1) is 17.4. The van der Waals surface area contributed by atoms with Crippen molar-refractivity contribution >= 4 is 39.1 Å². The number of carbonyl (C=O) groups excluding carboxylic acids is 1. The molecule has 1 atom stereocenters. The highest BCUT2D eigenvalue weighted by Gasteiger charge is 2.30. The number of sulfonamides is 1. The quantitative estimate of drug-likeness (QED) is 0.853. The first-order valence-electron chi connectivity index (χ1n) is 8.66. The predicted molar refractivity (Wildman–Crippen MR) is 104 cm³/mol. The zero-order valence-electron chi connectivity index (χ0n) is 14.4. The molecule has 2 aromatic rings. The van der Waals surface area contributed by atoms with Crippen LogP contribution in [0.5, 0.6) is 0 Å². The third-order valence-electron chi connectivity index (χ3n) is 4.68. The highest BCUT2D eigenvalue weighted by Crippen LogP contribution is 2.38. The van der Waals surface area contributed by atoms with Crippen molar-refractivity contribution in [3.05, 3.63) is 48.0 Å². The lowest BCUT2D eigenvalue weighted by atomic mass is 10.0. The summed E-state index contributed by atoms with van der Waals surface area (Å²) >= 11 is 1.59. The Kier molecular flexibility index (Phi) is 4.44. The van der Waals surface area contributed by atoms with Crippen molar-refractivity contribution in [1.82, 2.24) is 0 Å². The molecule has 26 heavy (non-hydrogen) atoms. The number of anilines is 2. The normalized spacial score (nSPS) is 20.0. The summed E-state index contributed by atoms with van der Waals surface area (Å²) < 4.78 is 28.0. The maximum absolute atomic E-state index is 13.3. The van der Waals surface area contributed by atoms with Crippen LogP contribution >= 0.6 is 11.8 Å². The number of hydrogen-bond donors (Lipinski definition) is 1. The highest BCUT2D eigenvalue weighted by atomic mass is 32.2. The summed E-state index contributed by atoms with van der Waals surface area (Å²) in [6.07, 6.45) is 2.10. The van der Waals surface area contributed by atoms with Crippen LogP contribution in [0.3, 0.4) is 0 Å². The molecule has 2 aliphatic rings. The number of nitrogens with one attached hydrogen (secondary N) is 1. The monoisotopic (exact) mass is 388 g/mol. The van der Waals surface area contributed by atoms with E-state index >= 15 is 0 Å². The van der Waals surface area contributed by atoms with Crippen molar-refractivity contribution in [1.29, 1.82) is 0 Å². The second-order valence-electron chi connectivity index (χ2n) is 6.65. The molecular formula is C19H20N2O3S2. The van der Waals surface area contributed by atoms with Crippen LogP contribution in [0.25, 0.3) is 0 Å². The number of fused-ring (bicyclic) bond motifs is 2. The van der Waals surface area contributed by atoms with Gasteiger partial charge in [-0.15, -0.1) is 11.8 Å². The Bertz CT molecular complexity index is 972. The summed E-state index contributed by atoms with van der Waals surface area (Å²) in [6.45, 7) is 2.46. The molecule has 0 fully saturated rings. The highest BCUT2D eigenvalue weighted by molar-refractivity contribution is 8.00. The molecule has 4 rings (SSSR count). The van der Waals surface area contributed by atoms with Gasteiger partial charge in [-0.25, -0.2) is 8.42 Å². The molecule has 1 amide bonds. The number of carbonyl (C=O) groups is 1. The SMILES string of the molecule is C[C@H]1CC(=O)Nc2cc(S(=O)(=O)N3CCCc4ccccc43)ccc2S1. The molecular weight excluding hydrogens is 368 g/mol. The maximum Gasteiger partial charge on any atom is 0.264 e. The molecule has 2 aromatic carbocycles. The van der Waals surface area contributed by atoms with Gasteiger partial charge in [-0.05, 0) is 42.7 Å². The Morgan fingerprint density at radius 1 is 1.19 bits per heavy atom. The Hall–Kier alpha value is -1.99. The van der Waals surface area contributed by atoms with Gasteiger partial charge in [0.15, 0.2) is 0 Å². The summed E-state index contributed by atoms with van der Waals surface area (Å²) in [6, 6.07) is 12.7. The Morgan fingerprint density at radius 2 is 2.00 bits per heavy atom. The average molecular weight is 389 g/mol. The molecule has 2 heterocycles. The summed E-state index contributed by atoms with van der Waals surface area (Å²) in [5, 5.41) is 3.00. The summed E-state index contributed by atoms with van der Waals surface area (Å²) in [5.41, 5.74) is 2.38. The standard InChI is InChI=1S/C19H20N2O3S2/c1-13-11-19(22)20-16-12-15(8-9-18(16)25-13)26(23,24)21-10-4-6-14-5-2-3-7-17(14)21/h2-3,5,7-9,12-13H,4,6,10-11H2,1H3,(H,20,22)/t13-/m0/s1. The van der Waals surface area contributed by atoms with Gasteiger partial charge < -0.3 is 5.32 Å². The second-order valence-corrected chi connectivity index (χ2v) is 9.99. The Morgan fingerprint density at radius 3 is 2.85 bits per heavy atom. The van der Waals surface area contributed by atoms with E-state index in [9.17, 15) is 13.2 Å². The molecule has 2 aliphatic heterocycles. The lowest BCUT2D eigenvalue weighted by Gasteiger charge is -2.30. The molecule has 0 radical (unpaired) electrons. The van der Waals surface area contributed by atoms with Gasteiger partial charge in [0.1, 0.15) is 0 Å². The summed E-state index contributed by atoms with van der Waals surface area (Å²) in [5.74, 6) is -0.0818. The number of nitrogens with zero attached hydrogens (tertiary/aromatic N) is 1. The molecule has 0 aliphatic carbocycles. The van der Waals surface area contributed by atoms with E-state index in [4.69, 9.17) is 0 Å². The predicted octanol–water partition coefficient (Wildman–Crippen LogP) is 3.65. The summed E-state index contributed by atoms with van der Waals surface area (Å²) in [7, 11) is -3.68. The molecule has 0 saturated heterocycles. The van der Waals surface area contributed by atoms with Crippen LogP contribution in [0.1, 0.15) is 25.3 Å². The van der Waals surface area contributed by atoms with Gasteiger partial charge in [-0.3, -0.25) is 9.10 Å². The summed E-state index contributed by atoms with van der Waals surface area (Å²) in [4.78, 5) is 13.1. The van der Waals surface area contributed by atoms with E-state index in [0.717, 1.165) is 29.0 Å². The average Bonchev–Trinajstić information content (AvgIpc) is 2.76. The Balaban J connectivity index is 1.75. The van der Waals surface area contributed by atoms with E-state index in [2.05, 4.69) is 5.32 Å². The zero-order valence-corrected chi connectivity index (χ0v) is 16.1. The van der Waals surface area contributed by atoms with Gasteiger partial charge in [-0.2, -0.15) is 0 Å². The van der Waals surface area contributed by atoms with E-state index in [1.807, 2.05) is 31.2 Å². The van der Waals surface area contributed by atoms with Crippen molar-refractivity contribution in [2.24, 2.45) is 0 Å². The topological polar surface area (TPSA) is 66.5 Å². The molecule has 7 heteroatoms. The van der Waals surface area contributed by atoms with Crippen molar-refractivity contribution in [3.8, 4) is 0 Å². The van der Waals surface area contributed by atoms with E-state index < -0.39 is 10.0 Å². The number of hydrogen-bond acceptors (Lipinski definition) is 4. The van der Waals surface area contributed by atoms with Gasteiger partial charge in [-0.1, -0.05) is 25.1 Å². The molecule has 0 saturated carbocycles. The van der Waals surface area contributed by atoms with E-state index in [1.54, 1.807) is 30.0 Å². The van der Waals surface area contributed by atoms with Gasteiger partial charge >= 0.3 is 0 Å².